The normalized spacial score (nSPS) is 10.5. The lowest BCUT2D eigenvalue weighted by Crippen LogP contribution is -2.12. The van der Waals surface area contributed by atoms with Gasteiger partial charge in [0.15, 0.2) is 0 Å². The number of rotatable bonds is 2. The van der Waals surface area contributed by atoms with Crippen molar-refractivity contribution in [2.75, 3.05) is 10.6 Å². The fraction of sp³-hybridized carbons (Fsp3) is 0.167. The zero-order valence-electron chi connectivity index (χ0n) is 9.12. The summed E-state index contributed by atoms with van der Waals surface area (Å²) >= 11 is 3.07. The highest BCUT2D eigenvalue weighted by Gasteiger charge is 2.04. The maximum absolute atomic E-state index is 11.3. The Bertz CT molecular complexity index is 633. The summed E-state index contributed by atoms with van der Waals surface area (Å²) in [5.41, 5.74) is 1.39. The quantitative estimate of drug-likeness (QED) is 0.684. The van der Waals surface area contributed by atoms with Crippen LogP contribution in [0.5, 0.6) is 0 Å². The summed E-state index contributed by atoms with van der Waals surface area (Å²) < 4.78 is 5.10. The number of aryl methyl sites for hydroxylation is 1. The van der Waals surface area contributed by atoms with Gasteiger partial charge in [-0.15, -0.1) is 0 Å². The molecule has 88 valence electrons. The molecule has 2 aromatic rings. The standard InChI is InChI=1S/C12H10BrNO3/c1-7-4-8-5-9(14-11(15)6-13)2-3-10(8)17-12(7)16/h2-5H,6H2,1H3,(H,14,15). The zero-order valence-corrected chi connectivity index (χ0v) is 10.7. The van der Waals surface area contributed by atoms with Crippen molar-refractivity contribution < 1.29 is 9.21 Å². The van der Waals surface area contributed by atoms with Crippen molar-refractivity contribution in [1.29, 1.82) is 0 Å². The number of hydrogen-bond donors (Lipinski definition) is 1. The largest absolute Gasteiger partial charge is 0.423 e. The Hall–Kier alpha value is -1.62. The predicted octanol–water partition coefficient (Wildman–Crippen LogP) is 2.43. The molecule has 0 radical (unpaired) electrons. The minimum Gasteiger partial charge on any atom is -0.423 e. The number of fused-ring (bicyclic) bond motifs is 1. The Labute approximate surface area is 106 Å². The minimum atomic E-state index is -0.338. The number of benzene rings is 1. The van der Waals surface area contributed by atoms with Gasteiger partial charge in [0.05, 0.1) is 5.33 Å². The van der Waals surface area contributed by atoms with Crippen molar-refractivity contribution >= 4 is 38.5 Å². The van der Waals surface area contributed by atoms with Gasteiger partial charge in [0.1, 0.15) is 5.58 Å². The molecular weight excluding hydrogens is 286 g/mol. The van der Waals surface area contributed by atoms with E-state index in [0.29, 0.717) is 16.8 Å². The van der Waals surface area contributed by atoms with Crippen LogP contribution in [-0.2, 0) is 4.79 Å². The lowest BCUT2D eigenvalue weighted by atomic mass is 10.2. The number of halogens is 1. The molecule has 4 nitrogen and oxygen atoms in total. The molecule has 0 aliphatic heterocycles. The summed E-state index contributed by atoms with van der Waals surface area (Å²) in [6, 6.07) is 6.87. The number of anilines is 1. The maximum atomic E-state index is 11.3. The van der Waals surface area contributed by atoms with Crippen LogP contribution < -0.4 is 10.9 Å². The SMILES string of the molecule is Cc1cc2cc(NC(=O)CBr)ccc2oc1=O. The van der Waals surface area contributed by atoms with E-state index in [1.165, 1.54) is 0 Å². The van der Waals surface area contributed by atoms with E-state index in [1.54, 1.807) is 31.2 Å². The Morgan fingerprint density at radius 3 is 2.88 bits per heavy atom. The molecule has 0 atom stereocenters. The van der Waals surface area contributed by atoms with Gasteiger partial charge >= 0.3 is 5.63 Å². The van der Waals surface area contributed by atoms with Crippen molar-refractivity contribution in [3.05, 3.63) is 40.2 Å². The minimum absolute atomic E-state index is 0.126. The van der Waals surface area contributed by atoms with Crippen molar-refractivity contribution in [1.82, 2.24) is 0 Å². The fourth-order valence-corrected chi connectivity index (χ4v) is 1.64. The highest BCUT2D eigenvalue weighted by molar-refractivity contribution is 9.09. The van der Waals surface area contributed by atoms with Crippen molar-refractivity contribution in [3.63, 3.8) is 0 Å². The lowest BCUT2D eigenvalue weighted by molar-refractivity contribution is -0.113. The van der Waals surface area contributed by atoms with Gasteiger partial charge in [0.2, 0.25) is 5.91 Å². The van der Waals surface area contributed by atoms with Gasteiger partial charge < -0.3 is 9.73 Å². The Morgan fingerprint density at radius 2 is 2.18 bits per heavy atom. The topological polar surface area (TPSA) is 59.3 Å². The second-order valence-corrected chi connectivity index (χ2v) is 4.21. The molecule has 1 aromatic carbocycles. The number of alkyl halides is 1. The lowest BCUT2D eigenvalue weighted by Gasteiger charge is -2.04. The molecule has 0 spiro atoms. The van der Waals surface area contributed by atoms with Crippen molar-refractivity contribution in [3.8, 4) is 0 Å². The molecule has 1 N–H and O–H groups in total. The molecule has 1 aromatic heterocycles. The summed E-state index contributed by atoms with van der Waals surface area (Å²) in [6.45, 7) is 1.69. The van der Waals surface area contributed by atoms with Crippen LogP contribution in [-0.4, -0.2) is 11.2 Å². The summed E-state index contributed by atoms with van der Waals surface area (Å²) in [7, 11) is 0. The fourth-order valence-electron chi connectivity index (χ4n) is 1.50. The Balaban J connectivity index is 2.47. The first-order chi connectivity index (χ1) is 8.10. The number of nitrogens with one attached hydrogen (secondary N) is 1. The smallest absolute Gasteiger partial charge is 0.339 e. The average molecular weight is 296 g/mol. The molecule has 0 bridgehead atoms. The molecule has 0 saturated carbocycles. The van der Waals surface area contributed by atoms with Crippen molar-refractivity contribution in [2.45, 2.75) is 6.92 Å². The van der Waals surface area contributed by atoms with Crippen LogP contribution in [0.2, 0.25) is 0 Å². The number of carbonyl (C=O) groups excluding carboxylic acids is 1. The first-order valence-corrected chi connectivity index (χ1v) is 6.12. The van der Waals surface area contributed by atoms with Gasteiger partial charge in [-0.25, -0.2) is 4.79 Å². The Kier molecular flexibility index (Phi) is 3.28. The molecule has 0 aliphatic carbocycles. The molecular formula is C12H10BrNO3. The number of hydrogen-bond acceptors (Lipinski definition) is 3. The van der Waals surface area contributed by atoms with Gasteiger partial charge in [-0.3, -0.25) is 4.79 Å². The highest BCUT2D eigenvalue weighted by atomic mass is 79.9. The molecule has 1 amide bonds. The van der Waals surface area contributed by atoms with E-state index in [2.05, 4.69) is 21.2 Å². The molecule has 0 aliphatic rings. The summed E-state index contributed by atoms with van der Waals surface area (Å²) in [6.07, 6.45) is 0. The second kappa shape index (κ2) is 4.71. The summed E-state index contributed by atoms with van der Waals surface area (Å²) in [5.74, 6) is -0.126. The Morgan fingerprint density at radius 1 is 1.41 bits per heavy atom. The molecule has 1 heterocycles. The third-order valence-electron chi connectivity index (χ3n) is 2.31. The third-order valence-corrected chi connectivity index (χ3v) is 2.82. The van der Waals surface area contributed by atoms with E-state index in [1.807, 2.05) is 0 Å². The maximum Gasteiger partial charge on any atom is 0.339 e. The van der Waals surface area contributed by atoms with Gasteiger partial charge in [0, 0.05) is 16.6 Å². The summed E-state index contributed by atoms with van der Waals surface area (Å²) in [5, 5.41) is 3.74. The number of amides is 1. The monoisotopic (exact) mass is 295 g/mol. The van der Waals surface area contributed by atoms with Crippen LogP contribution in [0.25, 0.3) is 11.0 Å². The molecule has 5 heteroatoms. The van der Waals surface area contributed by atoms with Gasteiger partial charge in [0.25, 0.3) is 0 Å². The van der Waals surface area contributed by atoms with Gasteiger partial charge in [-0.1, -0.05) is 15.9 Å². The predicted molar refractivity (Wildman–Crippen MR) is 69.6 cm³/mol. The summed E-state index contributed by atoms with van der Waals surface area (Å²) in [4.78, 5) is 22.5. The first kappa shape index (κ1) is 11.9. The van der Waals surface area contributed by atoms with E-state index in [4.69, 9.17) is 4.42 Å². The third kappa shape index (κ3) is 2.55. The van der Waals surface area contributed by atoms with Crippen LogP contribution in [0, 0.1) is 6.92 Å². The van der Waals surface area contributed by atoms with Crippen LogP contribution in [0.4, 0.5) is 5.69 Å². The molecule has 17 heavy (non-hydrogen) atoms. The van der Waals surface area contributed by atoms with E-state index < -0.39 is 0 Å². The molecule has 0 fully saturated rings. The molecule has 0 saturated heterocycles. The van der Waals surface area contributed by atoms with Crippen LogP contribution in [0.1, 0.15) is 5.56 Å². The van der Waals surface area contributed by atoms with E-state index in [-0.39, 0.29) is 16.9 Å². The highest BCUT2D eigenvalue weighted by Crippen LogP contribution is 2.18. The van der Waals surface area contributed by atoms with Gasteiger partial charge in [-0.05, 0) is 31.2 Å². The van der Waals surface area contributed by atoms with Crippen LogP contribution in [0.15, 0.2) is 33.5 Å². The van der Waals surface area contributed by atoms with Gasteiger partial charge in [-0.2, -0.15) is 0 Å². The van der Waals surface area contributed by atoms with E-state index in [9.17, 15) is 9.59 Å². The van der Waals surface area contributed by atoms with Crippen molar-refractivity contribution in [2.24, 2.45) is 0 Å². The van der Waals surface area contributed by atoms with E-state index >= 15 is 0 Å². The first-order valence-electron chi connectivity index (χ1n) is 5.00. The number of carbonyl (C=O) groups is 1. The molecule has 2 rings (SSSR count). The second-order valence-electron chi connectivity index (χ2n) is 3.65. The van der Waals surface area contributed by atoms with Crippen LogP contribution >= 0.6 is 15.9 Å². The molecule has 0 unspecified atom stereocenters. The zero-order chi connectivity index (χ0) is 12.4. The van der Waals surface area contributed by atoms with E-state index in [0.717, 1.165) is 5.39 Å². The average Bonchev–Trinajstić information content (AvgIpc) is 2.31. The van der Waals surface area contributed by atoms with Crippen LogP contribution in [0.3, 0.4) is 0 Å².